The maximum Gasteiger partial charge on any atom is 0.259 e. The fourth-order valence-electron chi connectivity index (χ4n) is 5.99. The molecular formula is C31H32ClF2N5O5. The van der Waals surface area contributed by atoms with Crippen LogP contribution in [-0.2, 0) is 13.0 Å². The molecule has 4 heterocycles. The van der Waals surface area contributed by atoms with E-state index in [1.807, 2.05) is 17.0 Å². The number of fused-ring (bicyclic) bond motifs is 2. The van der Waals surface area contributed by atoms with Crippen molar-refractivity contribution in [1.29, 1.82) is 0 Å². The number of piperidine rings is 1. The first-order valence-corrected chi connectivity index (χ1v) is 14.7. The molecule has 1 unspecified atom stereocenters. The van der Waals surface area contributed by atoms with E-state index in [2.05, 4.69) is 22.2 Å². The van der Waals surface area contributed by atoms with Crippen LogP contribution < -0.4 is 20.3 Å². The van der Waals surface area contributed by atoms with Crippen molar-refractivity contribution in [3.8, 4) is 11.5 Å². The van der Waals surface area contributed by atoms with Crippen molar-refractivity contribution >= 4 is 34.6 Å². The SMILES string of the molecule is COc1cc(F)c(OCC(O)CNc2cc[nH]c(=O)c2C2=Nc3cc4c(cc3C2)C(=O)N(C2CCN(C)CC2)C4)c(Cl)c1F. The maximum atomic E-state index is 14.3. The number of nitrogens with zero attached hydrogens (tertiary/aromatic N) is 3. The number of halogens is 3. The predicted molar refractivity (Wildman–Crippen MR) is 162 cm³/mol. The van der Waals surface area contributed by atoms with Crippen LogP contribution in [0.5, 0.6) is 11.5 Å². The number of hydrogen-bond acceptors (Lipinski definition) is 8. The normalized spacial score (nSPS) is 17.4. The standard InChI is InChI=1S/C31H32ClF2N5O5/c1-38-7-4-18(5-8-38)39-14-17-11-23-16(9-20(17)31(39)42)10-24(37-23)26-22(3-6-35-30(26)41)36-13-19(40)15-44-29-21(33)12-25(43-2)28(34)27(29)32/h3,6,9,11-12,18-19,40H,4-5,7-8,10,13-15H2,1-2H3,(H2,35,36,41). The van der Waals surface area contributed by atoms with Crippen LogP contribution in [0.2, 0.25) is 5.02 Å². The van der Waals surface area contributed by atoms with Crippen molar-refractivity contribution in [3.05, 3.63) is 79.7 Å². The molecule has 13 heteroatoms. The molecule has 0 saturated carbocycles. The van der Waals surface area contributed by atoms with E-state index < -0.39 is 35.1 Å². The minimum Gasteiger partial charge on any atom is -0.494 e. The third kappa shape index (κ3) is 5.64. The van der Waals surface area contributed by atoms with Gasteiger partial charge in [-0.25, -0.2) is 8.78 Å². The number of pyridine rings is 1. The Morgan fingerprint density at radius 2 is 1.98 bits per heavy atom. The Kier molecular flexibility index (Phi) is 8.32. The Balaban J connectivity index is 1.14. The van der Waals surface area contributed by atoms with E-state index >= 15 is 0 Å². The monoisotopic (exact) mass is 627 g/mol. The van der Waals surface area contributed by atoms with Crippen molar-refractivity contribution < 1.29 is 28.2 Å². The zero-order chi connectivity index (χ0) is 31.1. The number of ether oxygens (including phenoxy) is 2. The molecule has 1 amide bonds. The number of anilines is 1. The predicted octanol–water partition coefficient (Wildman–Crippen LogP) is 3.89. The second-order valence-electron chi connectivity index (χ2n) is 11.3. The van der Waals surface area contributed by atoms with Crippen LogP contribution >= 0.6 is 11.6 Å². The van der Waals surface area contributed by atoms with Crippen LogP contribution in [0.4, 0.5) is 20.2 Å². The Morgan fingerprint density at radius 3 is 2.73 bits per heavy atom. The summed E-state index contributed by atoms with van der Waals surface area (Å²) in [5, 5.41) is 13.0. The highest BCUT2D eigenvalue weighted by molar-refractivity contribution is 6.32. The lowest BCUT2D eigenvalue weighted by atomic mass is 10.00. The first-order valence-electron chi connectivity index (χ1n) is 14.4. The largest absolute Gasteiger partial charge is 0.494 e. The van der Waals surface area contributed by atoms with Gasteiger partial charge in [0.05, 0.1) is 29.8 Å². The second-order valence-corrected chi connectivity index (χ2v) is 11.7. The number of aromatic nitrogens is 1. The third-order valence-electron chi connectivity index (χ3n) is 8.38. The van der Waals surface area contributed by atoms with Crippen LogP contribution in [0.25, 0.3) is 0 Å². The summed E-state index contributed by atoms with van der Waals surface area (Å²) in [6, 6.07) is 6.53. The van der Waals surface area contributed by atoms with Gasteiger partial charge in [-0.05, 0) is 62.3 Å². The van der Waals surface area contributed by atoms with Crippen molar-refractivity contribution in [1.82, 2.24) is 14.8 Å². The number of aromatic amines is 1. The number of aliphatic hydroxyl groups excluding tert-OH is 1. The maximum absolute atomic E-state index is 14.3. The van der Waals surface area contributed by atoms with Gasteiger partial charge < -0.3 is 34.7 Å². The van der Waals surface area contributed by atoms with Crippen LogP contribution in [0, 0.1) is 11.6 Å². The molecule has 1 atom stereocenters. The highest BCUT2D eigenvalue weighted by atomic mass is 35.5. The molecule has 1 fully saturated rings. The summed E-state index contributed by atoms with van der Waals surface area (Å²) in [6.07, 6.45) is 2.57. The molecular weight excluding hydrogens is 596 g/mol. The lowest BCUT2D eigenvalue weighted by Crippen LogP contribution is -2.43. The van der Waals surface area contributed by atoms with Crippen LogP contribution in [0.3, 0.4) is 0 Å². The highest BCUT2D eigenvalue weighted by Crippen LogP contribution is 2.38. The topological polar surface area (TPSA) is 119 Å². The number of methoxy groups -OCH3 is 1. The van der Waals surface area contributed by atoms with E-state index in [0.29, 0.717) is 35.5 Å². The van der Waals surface area contributed by atoms with E-state index in [9.17, 15) is 23.5 Å². The van der Waals surface area contributed by atoms with Crippen LogP contribution in [0.1, 0.15) is 39.9 Å². The lowest BCUT2D eigenvalue weighted by Gasteiger charge is -2.34. The summed E-state index contributed by atoms with van der Waals surface area (Å²) >= 11 is 5.88. The number of carbonyl (C=O) groups is 1. The summed E-state index contributed by atoms with van der Waals surface area (Å²) in [5.74, 6) is -2.79. The van der Waals surface area contributed by atoms with Gasteiger partial charge in [-0.3, -0.25) is 14.6 Å². The number of H-pyrrole nitrogens is 1. The van der Waals surface area contributed by atoms with E-state index in [-0.39, 0.29) is 29.8 Å². The number of nitrogens with one attached hydrogen (secondary N) is 2. The van der Waals surface area contributed by atoms with E-state index in [4.69, 9.17) is 26.1 Å². The number of amides is 1. The van der Waals surface area contributed by atoms with Gasteiger partial charge in [0.25, 0.3) is 11.5 Å². The van der Waals surface area contributed by atoms with Gasteiger partial charge in [0.2, 0.25) is 0 Å². The molecule has 1 aromatic heterocycles. The van der Waals surface area contributed by atoms with Gasteiger partial charge in [0.1, 0.15) is 17.7 Å². The molecule has 3 N–H and O–H groups in total. The Bertz CT molecular complexity index is 1710. The Morgan fingerprint density at radius 1 is 1.20 bits per heavy atom. The molecule has 3 aromatic rings. The fourth-order valence-corrected chi connectivity index (χ4v) is 6.23. The van der Waals surface area contributed by atoms with Crippen molar-refractivity contribution in [2.24, 2.45) is 4.99 Å². The van der Waals surface area contributed by atoms with E-state index in [0.717, 1.165) is 48.8 Å². The van der Waals surface area contributed by atoms with Crippen molar-refractivity contribution in [3.63, 3.8) is 0 Å². The van der Waals surface area contributed by atoms with Crippen LogP contribution in [-0.4, -0.2) is 84.1 Å². The minimum absolute atomic E-state index is 0.0421. The molecule has 44 heavy (non-hydrogen) atoms. The molecule has 1 saturated heterocycles. The number of aliphatic hydroxyl groups is 1. The van der Waals surface area contributed by atoms with Gasteiger partial charge in [-0.2, -0.15) is 0 Å². The lowest BCUT2D eigenvalue weighted by molar-refractivity contribution is 0.0617. The van der Waals surface area contributed by atoms with Crippen LogP contribution in [0.15, 0.2) is 40.2 Å². The summed E-state index contributed by atoms with van der Waals surface area (Å²) in [5.41, 5.74) is 4.12. The van der Waals surface area contributed by atoms with E-state index in [1.54, 1.807) is 6.07 Å². The molecule has 3 aliphatic rings. The molecule has 6 rings (SSSR count). The molecule has 10 nitrogen and oxygen atoms in total. The van der Waals surface area contributed by atoms with Gasteiger partial charge in [0.15, 0.2) is 23.1 Å². The molecule has 0 spiro atoms. The number of carbonyl (C=O) groups excluding carboxylic acids is 1. The van der Waals surface area contributed by atoms with Crippen molar-refractivity contribution in [2.75, 3.05) is 45.7 Å². The average molecular weight is 628 g/mol. The Hall–Kier alpha value is -4.00. The summed E-state index contributed by atoms with van der Waals surface area (Å²) in [4.78, 5) is 38.0. The van der Waals surface area contributed by atoms with Gasteiger partial charge in [0, 0.05) is 43.4 Å². The number of likely N-dealkylation sites (tertiary alicyclic amines) is 1. The zero-order valence-corrected chi connectivity index (χ0v) is 25.0. The quantitative estimate of drug-likeness (QED) is 0.308. The molecule has 232 valence electrons. The summed E-state index contributed by atoms with van der Waals surface area (Å²) in [7, 11) is 3.28. The first-order chi connectivity index (χ1) is 21.1. The zero-order valence-electron chi connectivity index (χ0n) is 24.3. The summed E-state index contributed by atoms with van der Waals surface area (Å²) < 4.78 is 38.6. The molecule has 3 aliphatic heterocycles. The summed E-state index contributed by atoms with van der Waals surface area (Å²) in [6.45, 7) is 2.00. The smallest absolute Gasteiger partial charge is 0.259 e. The molecule has 0 radical (unpaired) electrons. The van der Waals surface area contributed by atoms with E-state index in [1.165, 1.54) is 13.3 Å². The molecule has 0 aliphatic carbocycles. The number of hydrogen-bond donors (Lipinski definition) is 3. The number of benzene rings is 2. The second kappa shape index (κ2) is 12.2. The van der Waals surface area contributed by atoms with Gasteiger partial charge in [-0.15, -0.1) is 0 Å². The minimum atomic E-state index is -1.17. The highest BCUT2D eigenvalue weighted by Gasteiger charge is 2.36. The number of rotatable bonds is 9. The first kappa shape index (κ1) is 30.0. The van der Waals surface area contributed by atoms with Gasteiger partial charge >= 0.3 is 0 Å². The van der Waals surface area contributed by atoms with Crippen molar-refractivity contribution in [2.45, 2.75) is 38.0 Å². The Labute approximate surface area is 257 Å². The molecule has 2 aromatic carbocycles. The third-order valence-corrected chi connectivity index (χ3v) is 8.72. The average Bonchev–Trinajstić information content (AvgIpc) is 3.56. The number of aliphatic imine (C=N–C) groups is 1. The van der Waals surface area contributed by atoms with Gasteiger partial charge in [-0.1, -0.05) is 11.6 Å². The molecule has 0 bridgehead atoms. The fraction of sp³-hybridized carbons (Fsp3) is 0.387.